The summed E-state index contributed by atoms with van der Waals surface area (Å²) in [5, 5.41) is 0. The van der Waals surface area contributed by atoms with E-state index in [9.17, 15) is 4.39 Å². The standard InChI is InChI=1S/C14H20BrFN2O/c1-9-7-18(8-10(2)19-9)14(6-17)11-3-4-13(16)12(15)5-11/h3-5,9-10,14H,6-8,17H2,1-2H3/t9-,10+,14?. The molecule has 0 aromatic heterocycles. The van der Waals surface area contributed by atoms with Gasteiger partial charge in [-0.1, -0.05) is 6.07 Å². The average molecular weight is 331 g/mol. The van der Waals surface area contributed by atoms with E-state index in [0.29, 0.717) is 11.0 Å². The predicted octanol–water partition coefficient (Wildman–Crippen LogP) is 2.70. The normalized spacial score (nSPS) is 26.4. The fourth-order valence-electron chi connectivity index (χ4n) is 2.69. The van der Waals surface area contributed by atoms with Crippen molar-refractivity contribution in [3.8, 4) is 0 Å². The first-order chi connectivity index (χ1) is 9.01. The molecule has 1 fully saturated rings. The van der Waals surface area contributed by atoms with Gasteiger partial charge in [0, 0.05) is 25.7 Å². The summed E-state index contributed by atoms with van der Waals surface area (Å²) in [5.41, 5.74) is 6.96. The van der Waals surface area contributed by atoms with E-state index in [4.69, 9.17) is 10.5 Å². The summed E-state index contributed by atoms with van der Waals surface area (Å²) in [6.45, 7) is 6.34. The van der Waals surface area contributed by atoms with E-state index in [1.165, 1.54) is 6.07 Å². The van der Waals surface area contributed by atoms with Crippen molar-refractivity contribution in [2.75, 3.05) is 19.6 Å². The quantitative estimate of drug-likeness (QED) is 0.926. The SMILES string of the molecule is C[C@@H]1CN(C(CN)c2ccc(F)c(Br)c2)C[C@H](C)O1. The molecule has 1 saturated heterocycles. The minimum Gasteiger partial charge on any atom is -0.373 e. The molecule has 1 aromatic carbocycles. The molecule has 5 heteroatoms. The van der Waals surface area contributed by atoms with Crippen LogP contribution in [0.3, 0.4) is 0 Å². The number of ether oxygens (including phenoxy) is 1. The van der Waals surface area contributed by atoms with Crippen molar-refractivity contribution in [1.29, 1.82) is 0 Å². The van der Waals surface area contributed by atoms with E-state index in [1.807, 2.05) is 12.1 Å². The van der Waals surface area contributed by atoms with Crippen LogP contribution in [0.1, 0.15) is 25.5 Å². The van der Waals surface area contributed by atoms with Crippen LogP contribution < -0.4 is 5.73 Å². The van der Waals surface area contributed by atoms with Crippen molar-refractivity contribution >= 4 is 15.9 Å². The molecule has 1 aliphatic heterocycles. The van der Waals surface area contributed by atoms with Gasteiger partial charge in [0.2, 0.25) is 0 Å². The van der Waals surface area contributed by atoms with Gasteiger partial charge in [-0.2, -0.15) is 0 Å². The Kier molecular flexibility index (Phi) is 4.95. The molecule has 0 saturated carbocycles. The molecular weight excluding hydrogens is 311 g/mol. The molecule has 0 spiro atoms. The summed E-state index contributed by atoms with van der Waals surface area (Å²) in [6, 6.07) is 5.21. The Morgan fingerprint density at radius 3 is 2.58 bits per heavy atom. The van der Waals surface area contributed by atoms with Crippen LogP contribution >= 0.6 is 15.9 Å². The lowest BCUT2D eigenvalue weighted by atomic mass is 10.0. The van der Waals surface area contributed by atoms with Gasteiger partial charge < -0.3 is 10.5 Å². The number of nitrogens with two attached hydrogens (primary N) is 1. The Bertz CT molecular complexity index is 433. The van der Waals surface area contributed by atoms with Crippen LogP contribution in [0.5, 0.6) is 0 Å². The largest absolute Gasteiger partial charge is 0.373 e. The van der Waals surface area contributed by atoms with Crippen LogP contribution in [0.2, 0.25) is 0 Å². The van der Waals surface area contributed by atoms with Crippen LogP contribution in [0.4, 0.5) is 4.39 Å². The van der Waals surface area contributed by atoms with Crippen LogP contribution in [0.15, 0.2) is 22.7 Å². The average Bonchev–Trinajstić information content (AvgIpc) is 2.33. The number of benzene rings is 1. The second kappa shape index (κ2) is 6.31. The van der Waals surface area contributed by atoms with E-state index in [1.54, 1.807) is 0 Å². The molecule has 2 rings (SSSR count). The molecule has 0 aliphatic carbocycles. The zero-order chi connectivity index (χ0) is 14.0. The van der Waals surface area contributed by atoms with Gasteiger partial charge in [0.1, 0.15) is 5.82 Å². The summed E-state index contributed by atoms with van der Waals surface area (Å²) in [6.07, 6.45) is 0.392. The highest BCUT2D eigenvalue weighted by atomic mass is 79.9. The van der Waals surface area contributed by atoms with Gasteiger partial charge in [-0.15, -0.1) is 0 Å². The van der Waals surface area contributed by atoms with Gasteiger partial charge in [0.05, 0.1) is 16.7 Å². The molecule has 106 valence electrons. The van der Waals surface area contributed by atoms with E-state index in [-0.39, 0.29) is 24.1 Å². The van der Waals surface area contributed by atoms with Gasteiger partial charge in [-0.3, -0.25) is 4.90 Å². The molecule has 0 radical (unpaired) electrons. The van der Waals surface area contributed by atoms with Crippen LogP contribution in [0.25, 0.3) is 0 Å². The molecule has 1 aromatic rings. The Hall–Kier alpha value is -0.490. The second-order valence-electron chi connectivity index (χ2n) is 5.14. The summed E-state index contributed by atoms with van der Waals surface area (Å²) in [4.78, 5) is 2.32. The maximum Gasteiger partial charge on any atom is 0.137 e. The van der Waals surface area contributed by atoms with Gasteiger partial charge in [0.15, 0.2) is 0 Å². The van der Waals surface area contributed by atoms with E-state index < -0.39 is 0 Å². The molecule has 0 amide bonds. The number of hydrogen-bond acceptors (Lipinski definition) is 3. The Balaban J connectivity index is 2.21. The highest BCUT2D eigenvalue weighted by Gasteiger charge is 2.28. The third-order valence-corrected chi connectivity index (χ3v) is 4.05. The third kappa shape index (κ3) is 3.54. The Morgan fingerprint density at radius 1 is 1.42 bits per heavy atom. The van der Waals surface area contributed by atoms with Gasteiger partial charge in [0.25, 0.3) is 0 Å². The first-order valence-corrected chi connectivity index (χ1v) is 7.35. The van der Waals surface area contributed by atoms with E-state index in [2.05, 4.69) is 34.7 Å². The second-order valence-corrected chi connectivity index (χ2v) is 5.99. The fraction of sp³-hybridized carbons (Fsp3) is 0.571. The van der Waals surface area contributed by atoms with Crippen molar-refractivity contribution in [2.24, 2.45) is 5.73 Å². The number of nitrogens with zero attached hydrogens (tertiary/aromatic N) is 1. The van der Waals surface area contributed by atoms with Crippen molar-refractivity contribution in [3.63, 3.8) is 0 Å². The highest BCUT2D eigenvalue weighted by Crippen LogP contribution is 2.27. The zero-order valence-electron chi connectivity index (χ0n) is 11.3. The number of hydrogen-bond donors (Lipinski definition) is 1. The molecule has 3 nitrogen and oxygen atoms in total. The fourth-order valence-corrected chi connectivity index (χ4v) is 3.08. The van der Waals surface area contributed by atoms with Crippen molar-refractivity contribution in [2.45, 2.75) is 32.1 Å². The first kappa shape index (κ1) is 14.9. The highest BCUT2D eigenvalue weighted by molar-refractivity contribution is 9.10. The third-order valence-electron chi connectivity index (χ3n) is 3.44. The number of halogens is 2. The van der Waals surface area contributed by atoms with Gasteiger partial charge >= 0.3 is 0 Å². The zero-order valence-corrected chi connectivity index (χ0v) is 12.9. The minimum absolute atomic E-state index is 0.102. The molecule has 1 heterocycles. The smallest absolute Gasteiger partial charge is 0.137 e. The monoisotopic (exact) mass is 330 g/mol. The molecule has 1 unspecified atom stereocenters. The maximum absolute atomic E-state index is 13.3. The Labute approximate surface area is 122 Å². The van der Waals surface area contributed by atoms with Crippen molar-refractivity contribution < 1.29 is 9.13 Å². The molecular formula is C14H20BrFN2O. The first-order valence-electron chi connectivity index (χ1n) is 6.55. The summed E-state index contributed by atoms with van der Waals surface area (Å²) >= 11 is 3.23. The van der Waals surface area contributed by atoms with Crippen molar-refractivity contribution in [3.05, 3.63) is 34.1 Å². The van der Waals surface area contributed by atoms with Crippen LogP contribution in [-0.4, -0.2) is 36.7 Å². The van der Waals surface area contributed by atoms with Crippen molar-refractivity contribution in [1.82, 2.24) is 4.90 Å². The molecule has 2 N–H and O–H groups in total. The lowest BCUT2D eigenvalue weighted by Gasteiger charge is -2.40. The minimum atomic E-state index is -0.247. The lowest BCUT2D eigenvalue weighted by molar-refractivity contribution is -0.0799. The molecule has 3 atom stereocenters. The predicted molar refractivity (Wildman–Crippen MR) is 77.5 cm³/mol. The molecule has 0 bridgehead atoms. The summed E-state index contributed by atoms with van der Waals surface area (Å²) in [7, 11) is 0. The molecule has 19 heavy (non-hydrogen) atoms. The number of rotatable bonds is 3. The Morgan fingerprint density at radius 2 is 2.05 bits per heavy atom. The van der Waals surface area contributed by atoms with E-state index >= 15 is 0 Å². The van der Waals surface area contributed by atoms with E-state index in [0.717, 1.165) is 18.7 Å². The maximum atomic E-state index is 13.3. The van der Waals surface area contributed by atoms with Gasteiger partial charge in [-0.25, -0.2) is 4.39 Å². The summed E-state index contributed by atoms with van der Waals surface area (Å²) in [5.74, 6) is -0.247. The van der Waals surface area contributed by atoms with Crippen LogP contribution in [-0.2, 0) is 4.74 Å². The lowest BCUT2D eigenvalue weighted by Crippen LogP contribution is -2.48. The van der Waals surface area contributed by atoms with Gasteiger partial charge in [-0.05, 0) is 47.5 Å². The topological polar surface area (TPSA) is 38.5 Å². The number of morpholine rings is 1. The molecule has 1 aliphatic rings. The van der Waals surface area contributed by atoms with Crippen LogP contribution in [0, 0.1) is 5.82 Å². The summed E-state index contributed by atoms with van der Waals surface area (Å²) < 4.78 is 19.5.